The summed E-state index contributed by atoms with van der Waals surface area (Å²) in [4.78, 5) is 1.84. The summed E-state index contributed by atoms with van der Waals surface area (Å²) < 4.78 is 12.5. The lowest BCUT2D eigenvalue weighted by Crippen LogP contribution is -1.95. The van der Waals surface area contributed by atoms with Gasteiger partial charge in [0, 0.05) is 14.8 Å². The maximum atomic E-state index is 12.5. The van der Waals surface area contributed by atoms with Gasteiger partial charge in [0.2, 0.25) is 0 Å². The lowest BCUT2D eigenvalue weighted by atomic mass is 10.0. The molecule has 1 aliphatic heterocycles. The van der Waals surface area contributed by atoms with E-state index in [0.717, 1.165) is 28.2 Å². The van der Waals surface area contributed by atoms with Gasteiger partial charge in [-0.25, -0.2) is 4.21 Å². The van der Waals surface area contributed by atoms with Crippen molar-refractivity contribution < 1.29 is 4.21 Å². The van der Waals surface area contributed by atoms with E-state index in [-0.39, 0.29) is 0 Å². The third-order valence-corrected chi connectivity index (χ3v) is 4.89. The van der Waals surface area contributed by atoms with Crippen LogP contribution in [0.25, 0.3) is 0 Å². The van der Waals surface area contributed by atoms with Crippen LogP contribution < -0.4 is 0 Å². The van der Waals surface area contributed by atoms with Crippen molar-refractivity contribution in [2.75, 3.05) is 0 Å². The van der Waals surface area contributed by atoms with E-state index in [1.54, 1.807) is 0 Å². The molecule has 86 valence electrons. The molecule has 0 radical (unpaired) electrons. The number of benzene rings is 2. The van der Waals surface area contributed by atoms with Gasteiger partial charge in [-0.1, -0.05) is 29.8 Å². The zero-order valence-electron chi connectivity index (χ0n) is 9.15. The summed E-state index contributed by atoms with van der Waals surface area (Å²) in [6, 6.07) is 13.6. The molecule has 2 aromatic carbocycles. The molecule has 0 aliphatic carbocycles. The van der Waals surface area contributed by atoms with Crippen LogP contribution in [0.2, 0.25) is 5.02 Å². The Morgan fingerprint density at radius 2 is 1.65 bits per heavy atom. The van der Waals surface area contributed by atoms with Crippen LogP contribution in [0.5, 0.6) is 0 Å². The normalized spacial score (nSPS) is 18.1. The van der Waals surface area contributed by atoms with Crippen LogP contribution in [0.1, 0.15) is 11.1 Å². The SMILES string of the molecule is O=S1c2ccccc2CCc2cc(Cl)ccc21. The Morgan fingerprint density at radius 3 is 2.53 bits per heavy atom. The molecule has 0 spiro atoms. The molecule has 17 heavy (non-hydrogen) atoms. The van der Waals surface area contributed by atoms with E-state index in [1.165, 1.54) is 5.56 Å². The van der Waals surface area contributed by atoms with Crippen molar-refractivity contribution in [1.82, 2.24) is 0 Å². The van der Waals surface area contributed by atoms with Crippen LogP contribution in [-0.2, 0) is 23.6 Å². The lowest BCUT2D eigenvalue weighted by Gasteiger charge is -2.05. The Morgan fingerprint density at radius 1 is 0.941 bits per heavy atom. The third kappa shape index (κ3) is 1.92. The molecular formula is C14H11ClOS. The van der Waals surface area contributed by atoms with Crippen molar-refractivity contribution in [2.45, 2.75) is 22.6 Å². The molecule has 3 rings (SSSR count). The minimum absolute atomic E-state index is 0.715. The first kappa shape index (κ1) is 11.0. The van der Waals surface area contributed by atoms with Crippen LogP contribution in [-0.4, -0.2) is 4.21 Å². The highest BCUT2D eigenvalue weighted by molar-refractivity contribution is 7.85. The molecular weight excluding hydrogens is 252 g/mol. The van der Waals surface area contributed by atoms with E-state index in [0.29, 0.717) is 5.02 Å². The van der Waals surface area contributed by atoms with Gasteiger partial charge >= 0.3 is 0 Å². The highest BCUT2D eigenvalue weighted by Gasteiger charge is 2.19. The second-order valence-electron chi connectivity index (χ2n) is 4.13. The van der Waals surface area contributed by atoms with E-state index in [2.05, 4.69) is 6.07 Å². The smallest absolute Gasteiger partial charge is 0.0855 e. The number of rotatable bonds is 0. The monoisotopic (exact) mass is 262 g/mol. The number of aryl methyl sites for hydroxylation is 2. The second kappa shape index (κ2) is 4.28. The standard InChI is InChI=1S/C14H11ClOS/c15-12-7-8-14-11(9-12)6-5-10-3-1-2-4-13(10)17(14)16/h1-4,7-9H,5-6H2. The van der Waals surface area contributed by atoms with E-state index in [4.69, 9.17) is 11.6 Å². The number of hydrogen-bond donors (Lipinski definition) is 0. The van der Waals surface area contributed by atoms with Gasteiger partial charge in [-0.15, -0.1) is 0 Å². The zero-order chi connectivity index (χ0) is 11.8. The van der Waals surface area contributed by atoms with Crippen LogP contribution in [0, 0.1) is 0 Å². The van der Waals surface area contributed by atoms with E-state index in [1.807, 2.05) is 36.4 Å². The molecule has 0 amide bonds. The fourth-order valence-electron chi connectivity index (χ4n) is 2.20. The van der Waals surface area contributed by atoms with Crippen molar-refractivity contribution >= 4 is 22.4 Å². The highest BCUT2D eigenvalue weighted by Crippen LogP contribution is 2.30. The van der Waals surface area contributed by atoms with Crippen LogP contribution in [0.4, 0.5) is 0 Å². The van der Waals surface area contributed by atoms with Gasteiger partial charge in [-0.05, 0) is 48.2 Å². The Balaban J connectivity index is 2.20. The molecule has 1 nitrogen and oxygen atoms in total. The molecule has 0 saturated heterocycles. The number of halogens is 1. The van der Waals surface area contributed by atoms with Gasteiger partial charge in [0.1, 0.15) is 0 Å². The fraction of sp³-hybridized carbons (Fsp3) is 0.143. The van der Waals surface area contributed by atoms with Gasteiger partial charge in [-0.3, -0.25) is 0 Å². The average molecular weight is 263 g/mol. The first-order chi connectivity index (χ1) is 8.25. The van der Waals surface area contributed by atoms with E-state index in [9.17, 15) is 4.21 Å². The largest absolute Gasteiger partial charge is 0.249 e. The van der Waals surface area contributed by atoms with Gasteiger partial charge in [0.05, 0.1) is 10.8 Å². The Labute approximate surface area is 108 Å². The summed E-state index contributed by atoms with van der Waals surface area (Å²) >= 11 is 5.99. The molecule has 2 aromatic rings. The van der Waals surface area contributed by atoms with Crippen molar-refractivity contribution in [1.29, 1.82) is 0 Å². The Bertz CT molecular complexity index is 607. The summed E-state index contributed by atoms with van der Waals surface area (Å²) in [6.45, 7) is 0. The predicted octanol–water partition coefficient (Wildman–Crippen LogP) is 3.61. The molecule has 3 heteroatoms. The quantitative estimate of drug-likeness (QED) is 0.709. The van der Waals surface area contributed by atoms with Crippen LogP contribution in [0.3, 0.4) is 0 Å². The molecule has 1 unspecified atom stereocenters. The molecule has 0 saturated carbocycles. The topological polar surface area (TPSA) is 17.1 Å². The molecule has 0 bridgehead atoms. The summed E-state index contributed by atoms with van der Waals surface area (Å²) in [7, 11) is -1.07. The van der Waals surface area contributed by atoms with E-state index >= 15 is 0 Å². The number of hydrogen-bond acceptors (Lipinski definition) is 1. The predicted molar refractivity (Wildman–Crippen MR) is 70.0 cm³/mol. The van der Waals surface area contributed by atoms with Gasteiger partial charge in [0.25, 0.3) is 0 Å². The van der Waals surface area contributed by atoms with Crippen molar-refractivity contribution in [3.05, 3.63) is 58.6 Å². The van der Waals surface area contributed by atoms with E-state index < -0.39 is 10.8 Å². The highest BCUT2D eigenvalue weighted by atomic mass is 35.5. The average Bonchev–Trinajstić information content (AvgIpc) is 2.48. The Hall–Kier alpha value is -1.12. The second-order valence-corrected chi connectivity index (χ2v) is 5.98. The molecule has 1 aliphatic rings. The maximum absolute atomic E-state index is 12.5. The summed E-state index contributed by atoms with van der Waals surface area (Å²) in [5, 5.41) is 0.715. The summed E-state index contributed by atoms with van der Waals surface area (Å²) in [5.74, 6) is 0. The summed E-state index contributed by atoms with van der Waals surface area (Å²) in [6.07, 6.45) is 1.83. The first-order valence-electron chi connectivity index (χ1n) is 5.54. The molecule has 1 heterocycles. The van der Waals surface area contributed by atoms with Crippen molar-refractivity contribution in [3.8, 4) is 0 Å². The van der Waals surface area contributed by atoms with Crippen LogP contribution in [0.15, 0.2) is 52.3 Å². The summed E-state index contributed by atoms with van der Waals surface area (Å²) in [5.41, 5.74) is 2.28. The van der Waals surface area contributed by atoms with Crippen LogP contribution >= 0.6 is 11.6 Å². The number of fused-ring (bicyclic) bond motifs is 2. The fourth-order valence-corrected chi connectivity index (χ4v) is 3.84. The third-order valence-electron chi connectivity index (χ3n) is 3.06. The van der Waals surface area contributed by atoms with Gasteiger partial charge < -0.3 is 0 Å². The lowest BCUT2D eigenvalue weighted by molar-refractivity contribution is 0.683. The van der Waals surface area contributed by atoms with Crippen molar-refractivity contribution in [3.63, 3.8) is 0 Å². The first-order valence-corrected chi connectivity index (χ1v) is 7.06. The maximum Gasteiger partial charge on any atom is 0.0855 e. The molecule has 1 atom stereocenters. The molecule has 0 N–H and O–H groups in total. The molecule has 0 aromatic heterocycles. The van der Waals surface area contributed by atoms with Crippen molar-refractivity contribution in [2.24, 2.45) is 0 Å². The zero-order valence-corrected chi connectivity index (χ0v) is 10.7. The Kier molecular flexibility index (Phi) is 2.77. The minimum atomic E-state index is -1.07. The minimum Gasteiger partial charge on any atom is -0.249 e. The van der Waals surface area contributed by atoms with Gasteiger partial charge in [0.15, 0.2) is 0 Å². The molecule has 0 fully saturated rings. The van der Waals surface area contributed by atoms with Gasteiger partial charge in [-0.2, -0.15) is 0 Å².